The monoisotopic (exact) mass is 196 g/mol. The van der Waals surface area contributed by atoms with Crippen LogP contribution in [0, 0.1) is 0 Å². The summed E-state index contributed by atoms with van der Waals surface area (Å²) in [6.07, 6.45) is 3.15. The molecule has 0 spiro atoms. The van der Waals surface area contributed by atoms with E-state index in [2.05, 4.69) is 30.7 Å². The summed E-state index contributed by atoms with van der Waals surface area (Å²) in [6, 6.07) is 1.45. The molecule has 2 aliphatic heterocycles. The van der Waals surface area contributed by atoms with Crippen LogP contribution in [0.25, 0.3) is 0 Å². The molecule has 3 heteroatoms. The Morgan fingerprint density at radius 2 is 1.79 bits per heavy atom. The molecule has 2 fully saturated rings. The SMILES string of the molecule is CC1CCC(C)N1C1CN(C)CC[N]1. The Hall–Kier alpha value is -0.120. The van der Waals surface area contributed by atoms with Crippen LogP contribution in [-0.2, 0) is 0 Å². The van der Waals surface area contributed by atoms with Gasteiger partial charge in [-0.15, -0.1) is 0 Å². The number of likely N-dealkylation sites (tertiary alicyclic amines) is 1. The molecule has 0 aromatic carbocycles. The zero-order chi connectivity index (χ0) is 10.1. The van der Waals surface area contributed by atoms with E-state index in [1.54, 1.807) is 0 Å². The molecule has 3 nitrogen and oxygen atoms in total. The Morgan fingerprint density at radius 1 is 1.14 bits per heavy atom. The highest BCUT2D eigenvalue weighted by Gasteiger charge is 2.35. The molecule has 2 heterocycles. The Kier molecular flexibility index (Phi) is 3.10. The quantitative estimate of drug-likeness (QED) is 0.616. The number of hydrogen-bond donors (Lipinski definition) is 0. The molecule has 1 radical (unpaired) electrons. The van der Waals surface area contributed by atoms with Crippen LogP contribution < -0.4 is 5.32 Å². The lowest BCUT2D eigenvalue weighted by Crippen LogP contribution is -2.56. The first-order valence-corrected chi connectivity index (χ1v) is 5.81. The van der Waals surface area contributed by atoms with E-state index in [-0.39, 0.29) is 0 Å². The zero-order valence-corrected chi connectivity index (χ0v) is 9.61. The minimum atomic E-state index is 0.459. The summed E-state index contributed by atoms with van der Waals surface area (Å²) in [6.45, 7) is 7.94. The normalized spacial score (nSPS) is 41.8. The van der Waals surface area contributed by atoms with Crippen molar-refractivity contribution < 1.29 is 0 Å². The number of nitrogens with zero attached hydrogens (tertiary/aromatic N) is 3. The molecule has 14 heavy (non-hydrogen) atoms. The molecule has 0 aromatic rings. The number of piperazine rings is 1. The van der Waals surface area contributed by atoms with Gasteiger partial charge in [0.1, 0.15) is 0 Å². The van der Waals surface area contributed by atoms with E-state index >= 15 is 0 Å². The molecule has 2 rings (SSSR count). The van der Waals surface area contributed by atoms with Crippen LogP contribution in [0.2, 0.25) is 0 Å². The van der Waals surface area contributed by atoms with E-state index in [1.165, 1.54) is 12.8 Å². The fourth-order valence-electron chi connectivity index (χ4n) is 2.80. The van der Waals surface area contributed by atoms with Crippen molar-refractivity contribution in [2.45, 2.75) is 44.9 Å². The maximum absolute atomic E-state index is 4.75. The van der Waals surface area contributed by atoms with Crippen LogP contribution in [0.3, 0.4) is 0 Å². The fraction of sp³-hybridized carbons (Fsp3) is 1.00. The third kappa shape index (κ3) is 1.95. The van der Waals surface area contributed by atoms with Crippen molar-refractivity contribution in [3.8, 4) is 0 Å². The van der Waals surface area contributed by atoms with E-state index in [0.29, 0.717) is 6.17 Å². The van der Waals surface area contributed by atoms with E-state index in [9.17, 15) is 0 Å². The van der Waals surface area contributed by atoms with Crippen molar-refractivity contribution in [3.63, 3.8) is 0 Å². The fourth-order valence-corrected chi connectivity index (χ4v) is 2.80. The van der Waals surface area contributed by atoms with Crippen molar-refractivity contribution in [1.82, 2.24) is 15.1 Å². The summed E-state index contributed by atoms with van der Waals surface area (Å²) < 4.78 is 0. The van der Waals surface area contributed by atoms with Crippen molar-refractivity contribution in [2.75, 3.05) is 26.7 Å². The molecular weight excluding hydrogens is 174 g/mol. The highest BCUT2D eigenvalue weighted by Crippen LogP contribution is 2.26. The summed E-state index contributed by atoms with van der Waals surface area (Å²) in [5.41, 5.74) is 0. The maximum Gasteiger partial charge on any atom is 0.0894 e. The predicted molar refractivity (Wildman–Crippen MR) is 58.3 cm³/mol. The molecule has 2 aliphatic rings. The lowest BCUT2D eigenvalue weighted by atomic mass is 10.2. The van der Waals surface area contributed by atoms with E-state index in [1.807, 2.05) is 0 Å². The Labute approximate surface area is 87.4 Å². The van der Waals surface area contributed by atoms with Crippen molar-refractivity contribution in [2.24, 2.45) is 0 Å². The average Bonchev–Trinajstić information content (AvgIpc) is 2.46. The first kappa shape index (κ1) is 10.4. The highest BCUT2D eigenvalue weighted by molar-refractivity contribution is 4.89. The maximum atomic E-state index is 4.75. The molecule has 0 N–H and O–H groups in total. The summed E-state index contributed by atoms with van der Waals surface area (Å²) in [7, 11) is 2.20. The molecule has 0 amide bonds. The summed E-state index contributed by atoms with van der Waals surface area (Å²) >= 11 is 0. The second kappa shape index (κ2) is 4.17. The second-order valence-corrected chi connectivity index (χ2v) is 4.87. The Balaban J connectivity index is 1.98. The first-order chi connectivity index (χ1) is 6.68. The number of rotatable bonds is 1. The smallest absolute Gasteiger partial charge is 0.0894 e. The molecule has 0 aliphatic carbocycles. The topological polar surface area (TPSA) is 20.6 Å². The second-order valence-electron chi connectivity index (χ2n) is 4.87. The molecule has 0 aromatic heterocycles. The molecule has 0 bridgehead atoms. The third-order valence-electron chi connectivity index (χ3n) is 3.66. The third-order valence-corrected chi connectivity index (χ3v) is 3.66. The standard InChI is InChI=1S/C11H22N3/c1-9-4-5-10(2)14(9)11-8-13(3)7-6-12-11/h9-11H,4-8H2,1-3H3. The van der Waals surface area contributed by atoms with Crippen LogP contribution in [0.15, 0.2) is 0 Å². The van der Waals surface area contributed by atoms with Crippen LogP contribution in [-0.4, -0.2) is 54.7 Å². The van der Waals surface area contributed by atoms with Gasteiger partial charge in [-0.3, -0.25) is 4.90 Å². The minimum Gasteiger partial charge on any atom is -0.302 e. The van der Waals surface area contributed by atoms with Gasteiger partial charge in [0, 0.05) is 31.7 Å². The van der Waals surface area contributed by atoms with Gasteiger partial charge < -0.3 is 4.90 Å². The van der Waals surface area contributed by atoms with Crippen molar-refractivity contribution in [1.29, 1.82) is 0 Å². The van der Waals surface area contributed by atoms with E-state index in [4.69, 9.17) is 5.32 Å². The summed E-state index contributed by atoms with van der Waals surface area (Å²) in [4.78, 5) is 5.01. The highest BCUT2D eigenvalue weighted by atomic mass is 15.4. The van der Waals surface area contributed by atoms with Gasteiger partial charge in [0.2, 0.25) is 0 Å². The average molecular weight is 196 g/mol. The number of hydrogen-bond acceptors (Lipinski definition) is 2. The van der Waals surface area contributed by atoms with Crippen LogP contribution in [0.1, 0.15) is 26.7 Å². The molecule has 3 unspecified atom stereocenters. The first-order valence-electron chi connectivity index (χ1n) is 5.81. The zero-order valence-electron chi connectivity index (χ0n) is 9.61. The Morgan fingerprint density at radius 3 is 2.36 bits per heavy atom. The minimum absolute atomic E-state index is 0.459. The lowest BCUT2D eigenvalue weighted by Gasteiger charge is -2.39. The largest absolute Gasteiger partial charge is 0.302 e. The van der Waals surface area contributed by atoms with E-state index in [0.717, 1.165) is 31.7 Å². The van der Waals surface area contributed by atoms with Gasteiger partial charge >= 0.3 is 0 Å². The predicted octanol–water partition coefficient (Wildman–Crippen LogP) is 0.735. The van der Waals surface area contributed by atoms with Gasteiger partial charge in [0.25, 0.3) is 0 Å². The molecular formula is C11H22N3. The Bertz CT molecular complexity index is 185. The van der Waals surface area contributed by atoms with Crippen molar-refractivity contribution in [3.05, 3.63) is 0 Å². The van der Waals surface area contributed by atoms with Gasteiger partial charge in [0.05, 0.1) is 6.17 Å². The van der Waals surface area contributed by atoms with Crippen LogP contribution in [0.4, 0.5) is 0 Å². The van der Waals surface area contributed by atoms with Gasteiger partial charge in [-0.1, -0.05) is 0 Å². The molecule has 81 valence electrons. The van der Waals surface area contributed by atoms with Gasteiger partial charge in [0.15, 0.2) is 0 Å². The van der Waals surface area contributed by atoms with Crippen LogP contribution in [0.5, 0.6) is 0 Å². The van der Waals surface area contributed by atoms with Crippen molar-refractivity contribution >= 4 is 0 Å². The molecule has 2 saturated heterocycles. The van der Waals surface area contributed by atoms with Crippen LogP contribution >= 0.6 is 0 Å². The number of likely N-dealkylation sites (N-methyl/N-ethyl adjacent to an activating group) is 1. The van der Waals surface area contributed by atoms with E-state index < -0.39 is 0 Å². The molecule has 0 saturated carbocycles. The van der Waals surface area contributed by atoms with Gasteiger partial charge in [-0.25, -0.2) is 5.32 Å². The van der Waals surface area contributed by atoms with Gasteiger partial charge in [-0.05, 0) is 33.7 Å². The van der Waals surface area contributed by atoms with Gasteiger partial charge in [-0.2, -0.15) is 0 Å². The molecule has 3 atom stereocenters. The lowest BCUT2D eigenvalue weighted by molar-refractivity contribution is 0.0632. The summed E-state index contributed by atoms with van der Waals surface area (Å²) in [5, 5.41) is 4.75. The summed E-state index contributed by atoms with van der Waals surface area (Å²) in [5.74, 6) is 0.